The summed E-state index contributed by atoms with van der Waals surface area (Å²) in [6, 6.07) is 9.43. The van der Waals surface area contributed by atoms with E-state index in [0.29, 0.717) is 37.6 Å². The van der Waals surface area contributed by atoms with Crippen molar-refractivity contribution in [2.24, 2.45) is 0 Å². The van der Waals surface area contributed by atoms with Gasteiger partial charge in [0.1, 0.15) is 11.6 Å². The molecule has 0 bridgehead atoms. The van der Waals surface area contributed by atoms with Crippen LogP contribution in [0.1, 0.15) is 18.4 Å². The highest BCUT2D eigenvalue weighted by atomic mass is 35.5. The van der Waals surface area contributed by atoms with Crippen LogP contribution in [0.4, 0.5) is 15.9 Å². The molecule has 1 aliphatic rings. The number of halogens is 2. The van der Waals surface area contributed by atoms with Crippen molar-refractivity contribution in [1.29, 1.82) is 0 Å². The molecule has 1 aliphatic heterocycles. The monoisotopic (exact) mass is 351 g/mol. The third kappa shape index (κ3) is 3.66. The van der Waals surface area contributed by atoms with E-state index in [2.05, 4.69) is 10.3 Å². The summed E-state index contributed by atoms with van der Waals surface area (Å²) in [6.07, 6.45) is 2.62. The third-order valence-corrected chi connectivity index (χ3v) is 4.22. The number of carbonyl (C=O) groups excluding carboxylic acids is 1. The minimum atomic E-state index is -0.729. The number of carbonyl (C=O) groups is 1. The van der Waals surface area contributed by atoms with E-state index in [1.54, 1.807) is 24.3 Å². The predicted octanol–water partition coefficient (Wildman–Crippen LogP) is 2.91. The van der Waals surface area contributed by atoms with Gasteiger partial charge in [-0.15, -0.1) is 12.4 Å². The van der Waals surface area contributed by atoms with Crippen LogP contribution in [-0.2, 0) is 14.9 Å². The second kappa shape index (κ2) is 7.59. The molecule has 1 aromatic heterocycles. The Morgan fingerprint density at radius 3 is 2.42 bits per heavy atom. The van der Waals surface area contributed by atoms with Crippen molar-refractivity contribution in [3.8, 4) is 0 Å². The van der Waals surface area contributed by atoms with Gasteiger partial charge in [0, 0.05) is 13.2 Å². The first kappa shape index (κ1) is 18.2. The van der Waals surface area contributed by atoms with Gasteiger partial charge in [0.25, 0.3) is 0 Å². The van der Waals surface area contributed by atoms with Crippen LogP contribution in [0.15, 0.2) is 42.6 Å². The molecular weight excluding hydrogens is 333 g/mol. The zero-order valence-electron chi connectivity index (χ0n) is 13.0. The molecular formula is C17H19ClFN3O2. The average Bonchev–Trinajstić information content (AvgIpc) is 2.58. The molecule has 2 heterocycles. The Morgan fingerprint density at radius 2 is 1.83 bits per heavy atom. The van der Waals surface area contributed by atoms with E-state index < -0.39 is 5.41 Å². The lowest BCUT2D eigenvalue weighted by molar-refractivity contribution is -0.125. The first-order valence-electron chi connectivity index (χ1n) is 7.47. The number of anilines is 2. The summed E-state index contributed by atoms with van der Waals surface area (Å²) in [5.74, 6) is -0.0691. The lowest BCUT2D eigenvalue weighted by Crippen LogP contribution is -2.44. The fourth-order valence-corrected chi connectivity index (χ4v) is 2.87. The maximum atomic E-state index is 13.2. The van der Waals surface area contributed by atoms with Crippen LogP contribution in [0.3, 0.4) is 0 Å². The molecule has 1 saturated heterocycles. The van der Waals surface area contributed by atoms with E-state index in [4.69, 9.17) is 10.5 Å². The summed E-state index contributed by atoms with van der Waals surface area (Å²) in [4.78, 5) is 16.9. The number of hydrogen-bond donors (Lipinski definition) is 2. The molecule has 0 aliphatic carbocycles. The van der Waals surface area contributed by atoms with Gasteiger partial charge in [-0.1, -0.05) is 12.1 Å². The molecule has 0 radical (unpaired) electrons. The minimum Gasteiger partial charge on any atom is -0.384 e. The van der Waals surface area contributed by atoms with Crippen LogP contribution in [0.5, 0.6) is 0 Å². The van der Waals surface area contributed by atoms with Crippen molar-refractivity contribution >= 4 is 29.8 Å². The van der Waals surface area contributed by atoms with Crippen molar-refractivity contribution in [3.63, 3.8) is 0 Å². The number of nitrogens with zero attached hydrogens (tertiary/aromatic N) is 1. The fourth-order valence-electron chi connectivity index (χ4n) is 2.87. The van der Waals surface area contributed by atoms with Gasteiger partial charge in [0.15, 0.2) is 0 Å². The van der Waals surface area contributed by atoms with Crippen LogP contribution in [0.25, 0.3) is 0 Å². The van der Waals surface area contributed by atoms with Gasteiger partial charge in [-0.05, 0) is 42.7 Å². The largest absolute Gasteiger partial charge is 0.384 e. The number of ether oxygens (including phenoxy) is 1. The molecule has 0 atom stereocenters. The Hall–Kier alpha value is -2.18. The smallest absolute Gasteiger partial charge is 0.235 e. The van der Waals surface area contributed by atoms with Gasteiger partial charge in [-0.2, -0.15) is 0 Å². The van der Waals surface area contributed by atoms with E-state index in [9.17, 15) is 9.18 Å². The quantitative estimate of drug-likeness (QED) is 0.891. The van der Waals surface area contributed by atoms with E-state index in [0.717, 1.165) is 5.56 Å². The maximum absolute atomic E-state index is 13.2. The number of hydrogen-bond acceptors (Lipinski definition) is 4. The molecule has 0 spiro atoms. The molecule has 1 fully saturated rings. The third-order valence-electron chi connectivity index (χ3n) is 4.22. The number of nitrogen functional groups attached to an aromatic ring is 1. The van der Waals surface area contributed by atoms with Crippen molar-refractivity contribution in [1.82, 2.24) is 4.98 Å². The molecule has 1 amide bonds. The fraction of sp³-hybridized carbons (Fsp3) is 0.294. The summed E-state index contributed by atoms with van der Waals surface area (Å²) in [6.45, 7) is 0.982. The minimum absolute atomic E-state index is 0. The highest BCUT2D eigenvalue weighted by Gasteiger charge is 2.41. The molecule has 3 N–H and O–H groups in total. The van der Waals surface area contributed by atoms with Gasteiger partial charge < -0.3 is 15.8 Å². The van der Waals surface area contributed by atoms with Crippen LogP contribution < -0.4 is 11.1 Å². The predicted molar refractivity (Wildman–Crippen MR) is 92.7 cm³/mol. The summed E-state index contributed by atoms with van der Waals surface area (Å²) in [5, 5.41) is 2.89. The molecule has 1 aromatic carbocycles. The molecule has 7 heteroatoms. The topological polar surface area (TPSA) is 77.2 Å². The average molecular weight is 352 g/mol. The maximum Gasteiger partial charge on any atom is 0.235 e. The zero-order valence-corrected chi connectivity index (χ0v) is 13.8. The van der Waals surface area contributed by atoms with Crippen molar-refractivity contribution in [3.05, 3.63) is 54.0 Å². The molecule has 128 valence electrons. The molecule has 24 heavy (non-hydrogen) atoms. The Bertz CT molecular complexity index is 686. The zero-order chi connectivity index (χ0) is 16.3. The second-order valence-electron chi connectivity index (χ2n) is 5.63. The summed E-state index contributed by atoms with van der Waals surface area (Å²) in [7, 11) is 0. The van der Waals surface area contributed by atoms with Crippen molar-refractivity contribution < 1.29 is 13.9 Å². The normalized spacial score (nSPS) is 16.0. The molecule has 0 saturated carbocycles. The van der Waals surface area contributed by atoms with E-state index >= 15 is 0 Å². The number of nitrogens with one attached hydrogen (secondary N) is 1. The van der Waals surface area contributed by atoms with Gasteiger partial charge in [-0.3, -0.25) is 4.79 Å². The van der Waals surface area contributed by atoms with Crippen LogP contribution in [-0.4, -0.2) is 24.1 Å². The van der Waals surface area contributed by atoms with Crippen molar-refractivity contribution in [2.75, 3.05) is 24.3 Å². The van der Waals surface area contributed by atoms with Crippen LogP contribution >= 0.6 is 12.4 Å². The second-order valence-corrected chi connectivity index (χ2v) is 5.63. The number of pyridine rings is 1. The highest BCUT2D eigenvalue weighted by molar-refractivity contribution is 5.99. The summed E-state index contributed by atoms with van der Waals surface area (Å²) >= 11 is 0. The first-order valence-corrected chi connectivity index (χ1v) is 7.47. The SMILES string of the molecule is Cl.Nc1ccc(NC(=O)C2(c3ccc(F)cc3)CCOCC2)cn1. The number of rotatable bonds is 3. The highest BCUT2D eigenvalue weighted by Crippen LogP contribution is 2.36. The molecule has 3 rings (SSSR count). The van der Waals surface area contributed by atoms with Gasteiger partial charge in [0.2, 0.25) is 5.91 Å². The standard InChI is InChI=1S/C17H18FN3O2.ClH/c18-13-3-1-12(2-4-13)17(7-9-23-10-8-17)16(22)21-14-5-6-15(19)20-11-14;/h1-6,11H,7-10H2,(H2,19,20)(H,21,22);1H. The Balaban J connectivity index is 0.00000208. The van der Waals surface area contributed by atoms with E-state index in [1.165, 1.54) is 18.3 Å². The Morgan fingerprint density at radius 1 is 1.17 bits per heavy atom. The van der Waals surface area contributed by atoms with Crippen molar-refractivity contribution in [2.45, 2.75) is 18.3 Å². The summed E-state index contributed by atoms with van der Waals surface area (Å²) in [5.41, 5.74) is 6.20. The number of aromatic nitrogens is 1. The van der Waals surface area contributed by atoms with E-state index in [-0.39, 0.29) is 24.1 Å². The molecule has 5 nitrogen and oxygen atoms in total. The molecule has 0 unspecified atom stereocenters. The van der Waals surface area contributed by atoms with Crippen LogP contribution in [0, 0.1) is 5.82 Å². The van der Waals surface area contributed by atoms with Gasteiger partial charge in [-0.25, -0.2) is 9.37 Å². The first-order chi connectivity index (χ1) is 11.1. The number of benzene rings is 1. The Labute approximate surface area is 145 Å². The van der Waals surface area contributed by atoms with Gasteiger partial charge >= 0.3 is 0 Å². The van der Waals surface area contributed by atoms with E-state index in [1.807, 2.05) is 0 Å². The Kier molecular flexibility index (Phi) is 5.75. The molecule has 2 aromatic rings. The lowest BCUT2D eigenvalue weighted by Gasteiger charge is -2.36. The van der Waals surface area contributed by atoms with Crippen LogP contribution in [0.2, 0.25) is 0 Å². The number of amides is 1. The number of nitrogens with two attached hydrogens (primary N) is 1. The summed E-state index contributed by atoms with van der Waals surface area (Å²) < 4.78 is 18.6. The van der Waals surface area contributed by atoms with Gasteiger partial charge in [0.05, 0.1) is 17.3 Å². The lowest BCUT2D eigenvalue weighted by atomic mass is 9.73.